The van der Waals surface area contributed by atoms with E-state index in [4.69, 9.17) is 16.3 Å². The zero-order valence-corrected chi connectivity index (χ0v) is 39.4. The number of allylic oxidation sites excluding steroid dienone is 1. The van der Waals surface area contributed by atoms with Gasteiger partial charge in [0.1, 0.15) is 17.1 Å². The molecule has 0 bridgehead atoms. The van der Waals surface area contributed by atoms with Crippen LogP contribution < -0.4 is 36.0 Å². The number of carbonyl (C=O) groups is 1. The number of piperazine rings is 1. The van der Waals surface area contributed by atoms with Crippen LogP contribution in [0.5, 0.6) is 11.5 Å². The third-order valence-electron chi connectivity index (χ3n) is 13.2. The van der Waals surface area contributed by atoms with Crippen molar-refractivity contribution in [3.8, 4) is 11.5 Å². The maximum atomic E-state index is 13.9. The lowest BCUT2D eigenvalue weighted by molar-refractivity contribution is 0.0979. The van der Waals surface area contributed by atoms with E-state index < -0.39 is 15.9 Å². The van der Waals surface area contributed by atoms with Gasteiger partial charge in [0, 0.05) is 86.3 Å². The quantitative estimate of drug-likeness (QED) is 0.0345. The van der Waals surface area contributed by atoms with Gasteiger partial charge in [-0.3, -0.25) is 14.9 Å². The van der Waals surface area contributed by atoms with Crippen LogP contribution in [-0.4, -0.2) is 92.3 Å². The Morgan fingerprint density at radius 2 is 1.83 bits per heavy atom. The van der Waals surface area contributed by atoms with Crippen LogP contribution in [0.25, 0.3) is 16.6 Å². The van der Waals surface area contributed by atoms with Crippen LogP contribution in [0.4, 0.5) is 17.1 Å². The molecule has 66 heavy (non-hydrogen) atoms. The molecule has 8 rings (SSSR count). The number of hydrogen-bond acceptors (Lipinski definition) is 13. The molecule has 0 spiro atoms. The zero-order chi connectivity index (χ0) is 46.4. The fourth-order valence-corrected chi connectivity index (χ4v) is 10.6. The first kappa shape index (κ1) is 47.3. The number of amides is 1. The first-order chi connectivity index (χ1) is 31.7. The van der Waals surface area contributed by atoms with Crippen molar-refractivity contribution in [1.29, 1.82) is 0 Å². The summed E-state index contributed by atoms with van der Waals surface area (Å²) in [7, 11) is -4.54. The van der Waals surface area contributed by atoms with E-state index in [-0.39, 0.29) is 38.2 Å². The van der Waals surface area contributed by atoms with E-state index in [1.807, 2.05) is 18.2 Å². The van der Waals surface area contributed by atoms with E-state index in [0.29, 0.717) is 59.7 Å². The highest BCUT2D eigenvalue weighted by atomic mass is 35.5. The van der Waals surface area contributed by atoms with Gasteiger partial charge in [-0.05, 0) is 129 Å². The van der Waals surface area contributed by atoms with Crippen LogP contribution >= 0.6 is 11.6 Å². The Morgan fingerprint density at radius 1 is 1.03 bits per heavy atom. The molecule has 1 saturated carbocycles. The molecule has 15 nitrogen and oxygen atoms in total. The number of fused-ring (bicyclic) bond motifs is 1. The molecule has 1 saturated heterocycles. The maximum Gasteiger partial charge on any atom is 0.268 e. The van der Waals surface area contributed by atoms with Gasteiger partial charge in [-0.2, -0.15) is 0 Å². The number of anilines is 3. The number of benzene rings is 3. The fourth-order valence-electron chi connectivity index (χ4n) is 9.51. The molecule has 352 valence electrons. The number of sulfonamides is 1. The third-order valence-corrected chi connectivity index (χ3v) is 14.8. The van der Waals surface area contributed by atoms with Crippen LogP contribution in [0.2, 0.25) is 5.02 Å². The maximum absolute atomic E-state index is 13.9. The number of ether oxygens (including phenoxy) is 1. The minimum absolute atomic E-state index is 0.0504. The minimum Gasteiger partial charge on any atom is -0.733 e. The first-order valence-electron chi connectivity index (χ1n) is 22.9. The molecule has 3 aromatic carbocycles. The molecule has 3 heterocycles. The minimum atomic E-state index is -4.54. The summed E-state index contributed by atoms with van der Waals surface area (Å²) in [5, 5.41) is 37.4. The van der Waals surface area contributed by atoms with E-state index in [2.05, 4.69) is 73.8 Å². The van der Waals surface area contributed by atoms with Gasteiger partial charge in [0.25, 0.3) is 15.9 Å². The van der Waals surface area contributed by atoms with Crippen LogP contribution in [0.1, 0.15) is 81.6 Å². The smallest absolute Gasteiger partial charge is 0.268 e. The summed E-state index contributed by atoms with van der Waals surface area (Å²) in [6.07, 6.45) is 10.6. The van der Waals surface area contributed by atoms with Crippen LogP contribution in [0.15, 0.2) is 95.7 Å². The summed E-state index contributed by atoms with van der Waals surface area (Å²) in [4.78, 5) is 23.5. The molecular weight excluding hydrogens is 878 g/mol. The van der Waals surface area contributed by atoms with Crippen molar-refractivity contribution in [2.45, 2.75) is 82.7 Å². The second-order valence-electron chi connectivity index (χ2n) is 18.7. The summed E-state index contributed by atoms with van der Waals surface area (Å²) < 4.78 is 35.9. The number of nitrogens with zero attached hydrogens (tertiary/aromatic N) is 3. The Bertz CT molecular complexity index is 2630. The molecule has 0 radical (unpaired) electrons. The number of pyridine rings is 1. The van der Waals surface area contributed by atoms with Gasteiger partial charge in [-0.25, -0.2) is 18.1 Å². The van der Waals surface area contributed by atoms with Crippen molar-refractivity contribution < 1.29 is 23.2 Å². The second kappa shape index (κ2) is 20.8. The van der Waals surface area contributed by atoms with Gasteiger partial charge in [0.05, 0.1) is 28.0 Å². The SMILES string of the molecule is C[C@@H]1CN(C2CCC(CNc3ccc(S(=O)(=O)NC(=O)c4ccc(NCCNCC5=C(c6ccc(Cl)cc6)CC(C)(C)CC5)cc4Oc4cnc5[nH]ccc5c4)cc3N([O-])O)CC2)CCN1. The predicted molar refractivity (Wildman–Crippen MR) is 262 cm³/mol. The molecule has 1 amide bonds. The zero-order valence-electron chi connectivity index (χ0n) is 37.8. The lowest BCUT2D eigenvalue weighted by atomic mass is 9.72. The van der Waals surface area contributed by atoms with Crippen LogP contribution in [0.3, 0.4) is 0 Å². The highest BCUT2D eigenvalue weighted by Crippen LogP contribution is 2.43. The summed E-state index contributed by atoms with van der Waals surface area (Å²) in [6.45, 7) is 12.5. The molecule has 0 unspecified atom stereocenters. The Morgan fingerprint density at radius 3 is 2.61 bits per heavy atom. The monoisotopic (exact) mass is 938 g/mol. The largest absolute Gasteiger partial charge is 0.733 e. The molecular formula is C49H61ClN9O6S-. The Labute approximate surface area is 392 Å². The molecule has 2 aromatic heterocycles. The highest BCUT2D eigenvalue weighted by Gasteiger charge is 2.30. The number of rotatable bonds is 17. The van der Waals surface area contributed by atoms with E-state index in [1.165, 1.54) is 41.1 Å². The molecule has 1 aliphatic heterocycles. The molecule has 2 aliphatic carbocycles. The van der Waals surface area contributed by atoms with Crippen molar-refractivity contribution in [3.05, 3.63) is 112 Å². The van der Waals surface area contributed by atoms with Crippen molar-refractivity contribution in [3.63, 3.8) is 0 Å². The molecule has 1 atom stereocenters. The van der Waals surface area contributed by atoms with E-state index >= 15 is 0 Å². The lowest BCUT2D eigenvalue weighted by Crippen LogP contribution is -2.53. The summed E-state index contributed by atoms with van der Waals surface area (Å²) in [5.74, 6) is -0.158. The Balaban J connectivity index is 0.922. The third kappa shape index (κ3) is 11.8. The van der Waals surface area contributed by atoms with Gasteiger partial charge >= 0.3 is 0 Å². The molecule has 3 aliphatic rings. The molecule has 5 aromatic rings. The molecule has 17 heteroatoms. The number of aromatic nitrogens is 2. The predicted octanol–water partition coefficient (Wildman–Crippen LogP) is 8.75. The van der Waals surface area contributed by atoms with E-state index in [0.717, 1.165) is 82.6 Å². The van der Waals surface area contributed by atoms with Gasteiger partial charge in [0.2, 0.25) is 0 Å². The van der Waals surface area contributed by atoms with Crippen molar-refractivity contribution in [1.82, 2.24) is 30.2 Å². The first-order valence-corrected chi connectivity index (χ1v) is 24.8. The highest BCUT2D eigenvalue weighted by molar-refractivity contribution is 7.90. The fraction of sp³-hybridized carbons (Fsp3) is 0.429. The number of carbonyl (C=O) groups excluding carboxylic acids is 1. The summed E-state index contributed by atoms with van der Waals surface area (Å²) in [6, 6.07) is 21.3. The topological polar surface area (TPSA) is 199 Å². The average molecular weight is 940 g/mol. The van der Waals surface area contributed by atoms with E-state index in [9.17, 15) is 23.6 Å². The average Bonchev–Trinajstić information content (AvgIpc) is 3.77. The second-order valence-corrected chi connectivity index (χ2v) is 20.8. The number of aromatic amines is 1. The van der Waals surface area contributed by atoms with Gasteiger partial charge in [0.15, 0.2) is 0 Å². The summed E-state index contributed by atoms with van der Waals surface area (Å²) in [5.41, 5.74) is 5.43. The number of nitrogens with one attached hydrogen (secondary N) is 6. The van der Waals surface area contributed by atoms with Crippen molar-refractivity contribution in [2.24, 2.45) is 11.3 Å². The Kier molecular flexibility index (Phi) is 14.9. The van der Waals surface area contributed by atoms with Gasteiger partial charge in [-0.1, -0.05) is 43.2 Å². The standard InChI is InChI=1S/C49H61ClN9O6S/c1-32-31-58(23-22-52-32)39-11-4-33(5-12-39)28-55-44-15-13-41(26-45(44)59(61)62)66(63,64)57-48(60)42-14-10-38(25-46(42)65-40-24-35-17-19-54-47(35)56-30-40)53-21-20-51-29-36-16-18-49(2,3)27-43(36)34-6-8-37(50)9-7-34/h6-10,13-15,17,19,24-26,30,32-33,39,51-53,55,61H,4-5,11-12,16,18,20-23,27-29,31H2,1-3H3,(H,54,56)(H,57,60)/q-1/t32-,33?,39?/m1/s1. The number of halogens is 1. The van der Waals surface area contributed by atoms with Gasteiger partial charge < -0.3 is 41.4 Å². The van der Waals surface area contributed by atoms with Gasteiger partial charge in [-0.15, -0.1) is 0 Å². The van der Waals surface area contributed by atoms with E-state index in [1.54, 1.807) is 24.4 Å². The molecule has 2 fully saturated rings. The Hall–Kier alpha value is -5.20. The normalized spacial score (nSPS) is 20.2. The molecule has 7 N–H and O–H groups in total. The van der Waals surface area contributed by atoms with Crippen LogP contribution in [0, 0.1) is 16.5 Å². The van der Waals surface area contributed by atoms with Crippen molar-refractivity contribution >= 4 is 61.2 Å². The summed E-state index contributed by atoms with van der Waals surface area (Å²) >= 11 is 6.20. The van der Waals surface area contributed by atoms with Crippen LogP contribution in [-0.2, 0) is 10.0 Å². The number of H-pyrrole nitrogens is 1. The van der Waals surface area contributed by atoms with Crippen molar-refractivity contribution in [2.75, 3.05) is 61.7 Å². The lowest BCUT2D eigenvalue weighted by Gasteiger charge is -2.41. The number of hydrogen-bond donors (Lipinski definition) is 7.